The van der Waals surface area contributed by atoms with Crippen molar-refractivity contribution in [1.82, 2.24) is 0 Å². The maximum Gasteiger partial charge on any atom is 0.396 e. The highest BCUT2D eigenvalue weighted by atomic mass is 35.5. The summed E-state index contributed by atoms with van der Waals surface area (Å²) >= 11 is 5.88. The SMILES string of the molecule is COC(=O)C(=O)Nc1ccc2c(CCC(N)=O)c(C(=O)c3ccc(Cl)cc3)oc2c1. The van der Waals surface area contributed by atoms with Crippen LogP contribution < -0.4 is 11.1 Å². The molecule has 0 saturated carbocycles. The number of nitrogens with two attached hydrogens (primary N) is 1. The second-order valence-corrected chi connectivity index (χ2v) is 6.81. The molecule has 3 rings (SSSR count). The van der Waals surface area contributed by atoms with Gasteiger partial charge in [-0.15, -0.1) is 0 Å². The minimum Gasteiger partial charge on any atom is -0.462 e. The Morgan fingerprint density at radius 2 is 1.80 bits per heavy atom. The number of rotatable bonds is 6. The van der Waals surface area contributed by atoms with Gasteiger partial charge in [0.2, 0.25) is 11.7 Å². The second-order valence-electron chi connectivity index (χ2n) is 6.37. The Balaban J connectivity index is 2.03. The number of hydrogen-bond acceptors (Lipinski definition) is 6. The molecule has 0 aliphatic carbocycles. The first kappa shape index (κ1) is 21.1. The lowest BCUT2D eigenvalue weighted by Gasteiger charge is -2.04. The lowest BCUT2D eigenvalue weighted by atomic mass is 10.00. The topological polar surface area (TPSA) is 129 Å². The molecule has 0 bridgehead atoms. The molecule has 30 heavy (non-hydrogen) atoms. The molecule has 1 aromatic heterocycles. The van der Waals surface area contributed by atoms with Crippen molar-refractivity contribution in [2.45, 2.75) is 12.8 Å². The van der Waals surface area contributed by atoms with Gasteiger partial charge in [0, 0.05) is 39.7 Å². The molecular weight excluding hydrogens is 412 g/mol. The van der Waals surface area contributed by atoms with Crippen molar-refractivity contribution in [3.8, 4) is 0 Å². The molecule has 0 atom stereocenters. The molecule has 9 heteroatoms. The molecule has 2 amide bonds. The third kappa shape index (κ3) is 4.49. The summed E-state index contributed by atoms with van der Waals surface area (Å²) in [6, 6.07) is 10.9. The Hall–Kier alpha value is -3.65. The van der Waals surface area contributed by atoms with E-state index in [1.807, 2.05) is 0 Å². The van der Waals surface area contributed by atoms with Crippen LogP contribution >= 0.6 is 11.6 Å². The fourth-order valence-corrected chi connectivity index (χ4v) is 3.04. The summed E-state index contributed by atoms with van der Waals surface area (Å²) < 4.78 is 10.2. The average molecular weight is 429 g/mol. The van der Waals surface area contributed by atoms with E-state index in [9.17, 15) is 19.2 Å². The number of primary amides is 1. The van der Waals surface area contributed by atoms with Crippen molar-refractivity contribution in [3.63, 3.8) is 0 Å². The van der Waals surface area contributed by atoms with E-state index in [1.165, 1.54) is 6.07 Å². The molecule has 0 spiro atoms. The van der Waals surface area contributed by atoms with E-state index in [-0.39, 0.29) is 30.1 Å². The molecule has 0 aliphatic heterocycles. The summed E-state index contributed by atoms with van der Waals surface area (Å²) in [6.07, 6.45) is 0.223. The minimum absolute atomic E-state index is 0.0242. The van der Waals surface area contributed by atoms with Crippen molar-refractivity contribution in [2.24, 2.45) is 5.73 Å². The van der Waals surface area contributed by atoms with E-state index in [1.54, 1.807) is 36.4 Å². The highest BCUT2D eigenvalue weighted by Crippen LogP contribution is 2.31. The number of carbonyl (C=O) groups is 4. The Kier molecular flexibility index (Phi) is 6.17. The van der Waals surface area contributed by atoms with Crippen molar-refractivity contribution in [2.75, 3.05) is 12.4 Å². The number of esters is 1. The molecule has 1 heterocycles. The van der Waals surface area contributed by atoms with E-state index in [0.717, 1.165) is 7.11 Å². The molecule has 3 aromatic rings. The number of fused-ring (bicyclic) bond motifs is 1. The predicted molar refractivity (Wildman–Crippen MR) is 109 cm³/mol. The summed E-state index contributed by atoms with van der Waals surface area (Å²) in [5.74, 6) is -2.84. The third-order valence-corrected chi connectivity index (χ3v) is 4.61. The van der Waals surface area contributed by atoms with Crippen LogP contribution in [0.25, 0.3) is 11.0 Å². The highest BCUT2D eigenvalue weighted by molar-refractivity contribution is 6.37. The zero-order valence-corrected chi connectivity index (χ0v) is 16.6. The standard InChI is InChI=1S/C21H17ClN2O6/c1-29-21(28)20(27)24-13-6-7-14-15(8-9-17(23)25)19(30-16(14)10-13)18(26)11-2-4-12(22)5-3-11/h2-7,10H,8-9H2,1H3,(H2,23,25)(H,24,27). The predicted octanol–water partition coefficient (Wildman–Crippen LogP) is 2.85. The summed E-state index contributed by atoms with van der Waals surface area (Å²) in [5, 5.41) is 3.45. The van der Waals surface area contributed by atoms with Crippen LogP contribution in [0.3, 0.4) is 0 Å². The summed E-state index contributed by atoms with van der Waals surface area (Å²) in [4.78, 5) is 47.3. The number of halogens is 1. The van der Waals surface area contributed by atoms with Gasteiger partial charge in [0.15, 0.2) is 5.76 Å². The van der Waals surface area contributed by atoms with Gasteiger partial charge >= 0.3 is 11.9 Å². The number of benzene rings is 2. The number of amides is 2. The van der Waals surface area contributed by atoms with Gasteiger partial charge in [0.1, 0.15) is 5.58 Å². The lowest BCUT2D eigenvalue weighted by molar-refractivity contribution is -0.150. The molecule has 0 radical (unpaired) electrons. The van der Waals surface area contributed by atoms with Crippen molar-refractivity contribution in [3.05, 3.63) is 64.4 Å². The van der Waals surface area contributed by atoms with Gasteiger partial charge in [0.25, 0.3) is 0 Å². The number of hydrogen-bond donors (Lipinski definition) is 2. The molecule has 0 unspecified atom stereocenters. The Bertz CT molecular complexity index is 1150. The molecule has 0 saturated heterocycles. The van der Waals surface area contributed by atoms with Crippen molar-refractivity contribution in [1.29, 1.82) is 0 Å². The normalized spacial score (nSPS) is 10.6. The van der Waals surface area contributed by atoms with Gasteiger partial charge in [-0.25, -0.2) is 4.79 Å². The van der Waals surface area contributed by atoms with E-state index in [2.05, 4.69) is 10.1 Å². The molecule has 2 aromatic carbocycles. The van der Waals surface area contributed by atoms with Gasteiger partial charge in [0.05, 0.1) is 7.11 Å². The largest absolute Gasteiger partial charge is 0.462 e. The maximum absolute atomic E-state index is 13.0. The lowest BCUT2D eigenvalue weighted by Crippen LogP contribution is -2.23. The van der Waals surface area contributed by atoms with Gasteiger partial charge in [-0.3, -0.25) is 14.4 Å². The van der Waals surface area contributed by atoms with Crippen LogP contribution in [0, 0.1) is 0 Å². The van der Waals surface area contributed by atoms with E-state index >= 15 is 0 Å². The number of carbonyl (C=O) groups excluding carboxylic acids is 4. The third-order valence-electron chi connectivity index (χ3n) is 4.36. The van der Waals surface area contributed by atoms with Crippen LogP contribution in [0.4, 0.5) is 5.69 Å². The number of nitrogens with one attached hydrogen (secondary N) is 1. The minimum atomic E-state index is -1.05. The van der Waals surface area contributed by atoms with Crippen LogP contribution in [0.15, 0.2) is 46.9 Å². The molecule has 154 valence electrons. The first-order chi connectivity index (χ1) is 14.3. The van der Waals surface area contributed by atoms with Crippen molar-refractivity contribution >= 4 is 51.8 Å². The molecular formula is C21H17ClN2O6. The van der Waals surface area contributed by atoms with Gasteiger partial charge < -0.3 is 20.2 Å². The number of ketones is 1. The summed E-state index contributed by atoms with van der Waals surface area (Å²) in [6.45, 7) is 0. The number of ether oxygens (including phenoxy) is 1. The Morgan fingerprint density at radius 3 is 2.43 bits per heavy atom. The first-order valence-corrected chi connectivity index (χ1v) is 9.21. The monoisotopic (exact) mass is 428 g/mol. The molecule has 0 aliphatic rings. The zero-order chi connectivity index (χ0) is 21.8. The highest BCUT2D eigenvalue weighted by Gasteiger charge is 2.23. The van der Waals surface area contributed by atoms with Gasteiger partial charge in [-0.05, 0) is 42.8 Å². The maximum atomic E-state index is 13.0. The smallest absolute Gasteiger partial charge is 0.396 e. The van der Waals surface area contributed by atoms with E-state index < -0.39 is 17.8 Å². The fourth-order valence-electron chi connectivity index (χ4n) is 2.91. The van der Waals surface area contributed by atoms with Crippen LogP contribution in [-0.2, 0) is 25.5 Å². The molecule has 8 nitrogen and oxygen atoms in total. The first-order valence-electron chi connectivity index (χ1n) is 8.83. The van der Waals surface area contributed by atoms with Crippen LogP contribution in [-0.4, -0.2) is 30.7 Å². The van der Waals surface area contributed by atoms with E-state index in [4.69, 9.17) is 21.8 Å². The average Bonchev–Trinajstić information content (AvgIpc) is 3.09. The van der Waals surface area contributed by atoms with Crippen LogP contribution in [0.2, 0.25) is 5.02 Å². The Morgan fingerprint density at radius 1 is 1.10 bits per heavy atom. The van der Waals surface area contributed by atoms with Gasteiger partial charge in [-0.1, -0.05) is 11.6 Å². The summed E-state index contributed by atoms with van der Waals surface area (Å²) in [7, 11) is 1.09. The van der Waals surface area contributed by atoms with E-state index in [0.29, 0.717) is 27.1 Å². The molecule has 3 N–H and O–H groups in total. The zero-order valence-electron chi connectivity index (χ0n) is 15.9. The van der Waals surface area contributed by atoms with Crippen molar-refractivity contribution < 1.29 is 28.3 Å². The number of anilines is 1. The number of methoxy groups -OCH3 is 1. The number of furan rings is 1. The fraction of sp³-hybridized carbons (Fsp3) is 0.143. The van der Waals surface area contributed by atoms with Crippen LogP contribution in [0.1, 0.15) is 28.1 Å². The Labute approximate surface area is 175 Å². The number of aryl methyl sites for hydroxylation is 1. The van der Waals surface area contributed by atoms with Gasteiger partial charge in [-0.2, -0.15) is 0 Å². The second kappa shape index (κ2) is 8.79. The quantitative estimate of drug-likeness (QED) is 0.353. The van der Waals surface area contributed by atoms with Crippen LogP contribution in [0.5, 0.6) is 0 Å². The molecule has 0 fully saturated rings. The summed E-state index contributed by atoms with van der Waals surface area (Å²) in [5.41, 5.74) is 6.73.